The molecule has 3 atom stereocenters. The summed E-state index contributed by atoms with van der Waals surface area (Å²) in [6.07, 6.45) is 0.981. The number of hydrogen-bond acceptors (Lipinski definition) is 8. The Morgan fingerprint density at radius 1 is 1.05 bits per heavy atom. The van der Waals surface area contributed by atoms with Crippen molar-refractivity contribution in [1.29, 1.82) is 0 Å². The normalized spacial score (nSPS) is 15.7. The van der Waals surface area contributed by atoms with Crippen LogP contribution in [0.5, 0.6) is 0 Å². The molecule has 0 aliphatic rings. The van der Waals surface area contributed by atoms with E-state index >= 15 is 0 Å². The van der Waals surface area contributed by atoms with Gasteiger partial charge in [0.25, 0.3) is 0 Å². The maximum absolute atomic E-state index is 11.3. The molecule has 0 heterocycles. The molecule has 0 fully saturated rings. The lowest BCUT2D eigenvalue weighted by atomic mass is 10.3. The van der Waals surface area contributed by atoms with Gasteiger partial charge in [0.05, 0.1) is 12.1 Å². The lowest BCUT2D eigenvalue weighted by Crippen LogP contribution is -2.35. The third-order valence-electron chi connectivity index (χ3n) is 2.67. The van der Waals surface area contributed by atoms with Crippen molar-refractivity contribution in [2.24, 2.45) is 0 Å². The predicted octanol–water partition coefficient (Wildman–Crippen LogP) is 2.02. The molecular weight excluding hydrogens is 332 g/mol. The van der Waals surface area contributed by atoms with Gasteiger partial charge in [-0.25, -0.2) is 0 Å². The first kappa shape index (κ1) is 20.7. The zero-order valence-electron chi connectivity index (χ0n) is 12.1. The van der Waals surface area contributed by atoms with Crippen LogP contribution < -0.4 is 9.44 Å². The minimum absolute atomic E-state index is 0.0954. The minimum atomic E-state index is -0.210. The van der Waals surface area contributed by atoms with Gasteiger partial charge in [-0.1, -0.05) is 30.8 Å². The van der Waals surface area contributed by atoms with E-state index in [-0.39, 0.29) is 23.7 Å². The molecule has 0 bridgehead atoms. The number of carbonyl (C=O) groups is 2. The van der Waals surface area contributed by atoms with E-state index in [0.29, 0.717) is 16.8 Å². The number of nitrogens with one attached hydrogen (secondary N) is 2. The third-order valence-corrected chi connectivity index (χ3v) is 5.89. The van der Waals surface area contributed by atoms with E-state index in [9.17, 15) is 9.59 Å². The quantitative estimate of drug-likeness (QED) is 0.317. The zero-order valence-corrected chi connectivity index (χ0v) is 15.5. The average molecular weight is 357 g/mol. The first-order valence-corrected chi connectivity index (χ1v) is 9.60. The molecule has 0 radical (unpaired) electrons. The molecule has 1 unspecified atom stereocenters. The molecule has 0 saturated carbocycles. The molecule has 0 amide bonds. The van der Waals surface area contributed by atoms with Crippen LogP contribution in [-0.2, 0) is 9.59 Å². The lowest BCUT2D eigenvalue weighted by molar-refractivity contribution is -0.118. The first-order valence-electron chi connectivity index (χ1n) is 6.47. The standard InChI is InChI=1S/C12H24N2O2S4/c1-4-10(20-14-12(6-18)9(3)16)7-19-13-11(5-17)8(2)15/h10-14,17-18H,4-7H2,1-3H3/t10?,11-,12-/m0/s1. The fourth-order valence-electron chi connectivity index (χ4n) is 1.15. The zero-order chi connectivity index (χ0) is 15.5. The van der Waals surface area contributed by atoms with Gasteiger partial charge < -0.3 is 0 Å². The van der Waals surface area contributed by atoms with Crippen LogP contribution in [-0.4, -0.2) is 46.2 Å². The molecule has 0 aromatic heterocycles. The van der Waals surface area contributed by atoms with Gasteiger partial charge >= 0.3 is 0 Å². The second kappa shape index (κ2) is 12.2. The van der Waals surface area contributed by atoms with Crippen LogP contribution in [0.1, 0.15) is 27.2 Å². The van der Waals surface area contributed by atoms with Crippen LogP contribution in [0.2, 0.25) is 0 Å². The van der Waals surface area contributed by atoms with Crippen LogP contribution in [0.25, 0.3) is 0 Å². The molecule has 20 heavy (non-hydrogen) atoms. The number of Topliss-reactive ketones (excluding diaryl/α,β-unsaturated/α-hetero) is 2. The van der Waals surface area contributed by atoms with Crippen molar-refractivity contribution in [3.8, 4) is 0 Å². The molecule has 8 heteroatoms. The highest BCUT2D eigenvalue weighted by Crippen LogP contribution is 2.17. The monoisotopic (exact) mass is 356 g/mol. The minimum Gasteiger partial charge on any atom is -0.298 e. The third kappa shape index (κ3) is 8.84. The van der Waals surface area contributed by atoms with E-state index in [1.165, 1.54) is 11.9 Å². The topological polar surface area (TPSA) is 58.2 Å². The highest BCUT2D eigenvalue weighted by molar-refractivity contribution is 8.01. The Hall–Kier alpha value is 0.660. The van der Waals surface area contributed by atoms with Gasteiger partial charge in [0.15, 0.2) is 0 Å². The summed E-state index contributed by atoms with van der Waals surface area (Å²) < 4.78 is 6.29. The SMILES string of the molecule is CCC(CSN[C@@H](CS)C(C)=O)SN[C@@H](CS)C(C)=O. The molecule has 118 valence electrons. The number of hydrogen-bond donors (Lipinski definition) is 4. The Labute approximate surface area is 141 Å². The van der Waals surface area contributed by atoms with Crippen LogP contribution in [0.3, 0.4) is 0 Å². The Morgan fingerprint density at radius 2 is 1.55 bits per heavy atom. The molecule has 0 spiro atoms. The average Bonchev–Trinajstić information content (AvgIpc) is 2.40. The fourth-order valence-corrected chi connectivity index (χ4v) is 4.31. The Morgan fingerprint density at radius 3 is 1.95 bits per heavy atom. The second-order valence-corrected chi connectivity index (χ2v) is 7.11. The van der Waals surface area contributed by atoms with Crippen LogP contribution in [0.4, 0.5) is 0 Å². The maximum Gasteiger partial charge on any atom is 0.148 e. The van der Waals surface area contributed by atoms with Gasteiger partial charge in [0.1, 0.15) is 11.6 Å². The Bertz CT molecular complexity index is 305. The Kier molecular flexibility index (Phi) is 12.6. The van der Waals surface area contributed by atoms with Crippen molar-refractivity contribution in [3.05, 3.63) is 0 Å². The van der Waals surface area contributed by atoms with Gasteiger partial charge in [-0.2, -0.15) is 25.3 Å². The summed E-state index contributed by atoms with van der Waals surface area (Å²) in [7, 11) is 0. The van der Waals surface area contributed by atoms with Crippen molar-refractivity contribution < 1.29 is 9.59 Å². The van der Waals surface area contributed by atoms with E-state index in [2.05, 4.69) is 41.6 Å². The van der Waals surface area contributed by atoms with Crippen molar-refractivity contribution in [3.63, 3.8) is 0 Å². The number of ketones is 2. The second-order valence-electron chi connectivity index (χ2n) is 4.39. The molecule has 0 aliphatic heterocycles. The van der Waals surface area contributed by atoms with E-state index in [1.54, 1.807) is 25.8 Å². The maximum atomic E-state index is 11.3. The Balaban J connectivity index is 4.03. The summed E-state index contributed by atoms with van der Waals surface area (Å²) in [6, 6.07) is -0.418. The summed E-state index contributed by atoms with van der Waals surface area (Å²) in [5.74, 6) is 2.04. The molecule has 0 aromatic carbocycles. The number of carbonyl (C=O) groups excluding carboxylic acids is 2. The van der Waals surface area contributed by atoms with Crippen LogP contribution >= 0.6 is 49.2 Å². The van der Waals surface area contributed by atoms with Crippen molar-refractivity contribution in [2.75, 3.05) is 17.3 Å². The smallest absolute Gasteiger partial charge is 0.148 e. The summed E-state index contributed by atoms with van der Waals surface area (Å²) in [5.41, 5.74) is 0. The van der Waals surface area contributed by atoms with Crippen LogP contribution in [0, 0.1) is 0 Å². The molecule has 0 aliphatic carbocycles. The van der Waals surface area contributed by atoms with Gasteiger partial charge in [-0.15, -0.1) is 0 Å². The summed E-state index contributed by atoms with van der Waals surface area (Å²) in [5, 5.41) is 0.363. The molecule has 4 nitrogen and oxygen atoms in total. The predicted molar refractivity (Wildman–Crippen MR) is 97.0 cm³/mol. The fraction of sp³-hybridized carbons (Fsp3) is 0.833. The molecule has 2 N–H and O–H groups in total. The number of rotatable bonds is 12. The summed E-state index contributed by atoms with van der Waals surface area (Å²) >= 11 is 11.4. The summed E-state index contributed by atoms with van der Waals surface area (Å²) in [4.78, 5) is 22.6. The number of thiol groups is 2. The van der Waals surface area contributed by atoms with Gasteiger partial charge in [-0.05, 0) is 20.3 Å². The van der Waals surface area contributed by atoms with E-state index in [0.717, 1.165) is 12.2 Å². The highest BCUT2D eigenvalue weighted by atomic mass is 32.2. The molecule has 0 aromatic rings. The van der Waals surface area contributed by atoms with Gasteiger partial charge in [-0.3, -0.25) is 19.0 Å². The van der Waals surface area contributed by atoms with Crippen molar-refractivity contribution in [1.82, 2.24) is 9.44 Å². The van der Waals surface area contributed by atoms with E-state index in [1.807, 2.05) is 0 Å². The molecular formula is C12H24N2O2S4. The van der Waals surface area contributed by atoms with Crippen LogP contribution in [0.15, 0.2) is 0 Å². The first-order chi connectivity index (χ1) is 9.46. The molecule has 0 rings (SSSR count). The van der Waals surface area contributed by atoms with E-state index < -0.39 is 0 Å². The van der Waals surface area contributed by atoms with Gasteiger partial charge in [0.2, 0.25) is 0 Å². The summed E-state index contributed by atoms with van der Waals surface area (Å²) in [6.45, 7) is 5.23. The van der Waals surface area contributed by atoms with Crippen molar-refractivity contribution >= 4 is 60.7 Å². The van der Waals surface area contributed by atoms with Crippen molar-refractivity contribution in [2.45, 2.75) is 44.5 Å². The molecule has 0 saturated heterocycles. The van der Waals surface area contributed by atoms with E-state index in [4.69, 9.17) is 0 Å². The lowest BCUT2D eigenvalue weighted by Gasteiger charge is -2.19. The van der Waals surface area contributed by atoms with Gasteiger partial charge in [0, 0.05) is 22.5 Å². The largest absolute Gasteiger partial charge is 0.298 e. The highest BCUT2D eigenvalue weighted by Gasteiger charge is 2.16.